The zero-order valence-corrected chi connectivity index (χ0v) is 8.91. The first-order chi connectivity index (χ1) is 7.88. The molecule has 1 N–H and O–H groups in total. The number of fused-ring (bicyclic) bond motifs is 1. The van der Waals surface area contributed by atoms with Gasteiger partial charge in [-0.15, -0.1) is 0 Å². The van der Waals surface area contributed by atoms with E-state index in [9.17, 15) is 5.11 Å². The third-order valence-electron chi connectivity index (χ3n) is 3.12. The lowest BCUT2D eigenvalue weighted by Gasteiger charge is -2.13. The maximum atomic E-state index is 9.26. The van der Waals surface area contributed by atoms with Crippen molar-refractivity contribution < 1.29 is 9.84 Å². The third kappa shape index (κ3) is 1.50. The number of ether oxygens (including phenoxy) is 1. The molecule has 1 saturated heterocycles. The lowest BCUT2D eigenvalue weighted by Crippen LogP contribution is -2.11. The van der Waals surface area contributed by atoms with Crippen LogP contribution in [0.15, 0.2) is 30.6 Å². The first-order valence-corrected chi connectivity index (χ1v) is 5.54. The topological polar surface area (TPSA) is 46.8 Å². The standard InChI is InChI=1S/C12H14N2O2/c15-8-9-4-6-16-12(9)10-7-14-5-2-1-3-11(14)13-10/h1-3,5,7,9,12,15H,4,6,8H2. The number of imidazole rings is 1. The molecule has 0 aliphatic carbocycles. The number of hydrogen-bond acceptors (Lipinski definition) is 3. The van der Waals surface area contributed by atoms with Gasteiger partial charge >= 0.3 is 0 Å². The van der Waals surface area contributed by atoms with Gasteiger partial charge in [-0.1, -0.05) is 6.07 Å². The second-order valence-corrected chi connectivity index (χ2v) is 4.15. The molecule has 0 radical (unpaired) electrons. The number of pyridine rings is 1. The van der Waals surface area contributed by atoms with Gasteiger partial charge in [0.05, 0.1) is 5.69 Å². The normalized spacial score (nSPS) is 25.3. The van der Waals surface area contributed by atoms with E-state index in [0.29, 0.717) is 6.61 Å². The highest BCUT2D eigenvalue weighted by molar-refractivity contribution is 5.40. The summed E-state index contributed by atoms with van der Waals surface area (Å²) in [6, 6.07) is 5.90. The molecule has 4 heteroatoms. The van der Waals surface area contributed by atoms with Gasteiger partial charge in [0.1, 0.15) is 11.8 Å². The summed E-state index contributed by atoms with van der Waals surface area (Å²) >= 11 is 0. The molecule has 0 amide bonds. The summed E-state index contributed by atoms with van der Waals surface area (Å²) in [6.45, 7) is 0.877. The number of nitrogens with zero attached hydrogens (tertiary/aromatic N) is 2. The Hall–Kier alpha value is -1.39. The molecule has 84 valence electrons. The number of rotatable bonds is 2. The molecule has 2 aromatic rings. The van der Waals surface area contributed by atoms with Crippen LogP contribution in [0.4, 0.5) is 0 Å². The molecule has 0 saturated carbocycles. The third-order valence-corrected chi connectivity index (χ3v) is 3.12. The molecule has 1 aliphatic heterocycles. The smallest absolute Gasteiger partial charge is 0.137 e. The zero-order valence-electron chi connectivity index (χ0n) is 8.91. The van der Waals surface area contributed by atoms with Crippen LogP contribution in [0.5, 0.6) is 0 Å². The van der Waals surface area contributed by atoms with E-state index in [4.69, 9.17) is 4.74 Å². The summed E-state index contributed by atoms with van der Waals surface area (Å²) in [4.78, 5) is 4.52. The van der Waals surface area contributed by atoms with Crippen molar-refractivity contribution in [3.63, 3.8) is 0 Å². The quantitative estimate of drug-likeness (QED) is 0.829. The molecule has 2 unspecified atom stereocenters. The van der Waals surface area contributed by atoms with Crippen molar-refractivity contribution in [1.82, 2.24) is 9.38 Å². The Balaban J connectivity index is 1.99. The Kier molecular flexibility index (Phi) is 2.38. The lowest BCUT2D eigenvalue weighted by atomic mass is 10.0. The fourth-order valence-electron chi connectivity index (χ4n) is 2.24. The highest BCUT2D eigenvalue weighted by Gasteiger charge is 2.30. The Bertz CT molecular complexity index is 461. The Morgan fingerprint density at radius 2 is 2.44 bits per heavy atom. The molecule has 1 aliphatic rings. The van der Waals surface area contributed by atoms with Gasteiger partial charge in [-0.3, -0.25) is 0 Å². The largest absolute Gasteiger partial charge is 0.396 e. The van der Waals surface area contributed by atoms with Crippen LogP contribution in [0.25, 0.3) is 5.65 Å². The van der Waals surface area contributed by atoms with Crippen molar-refractivity contribution in [3.05, 3.63) is 36.3 Å². The highest BCUT2D eigenvalue weighted by atomic mass is 16.5. The fraction of sp³-hybridized carbons (Fsp3) is 0.417. The van der Waals surface area contributed by atoms with E-state index in [2.05, 4.69) is 4.98 Å². The van der Waals surface area contributed by atoms with Crippen molar-refractivity contribution in [2.24, 2.45) is 5.92 Å². The molecule has 0 aromatic carbocycles. The minimum atomic E-state index is -0.0510. The first kappa shape index (κ1) is 9.81. The van der Waals surface area contributed by atoms with Gasteiger partial charge in [-0.05, 0) is 18.6 Å². The average molecular weight is 218 g/mol. The molecule has 3 rings (SSSR count). The summed E-state index contributed by atoms with van der Waals surface area (Å²) in [7, 11) is 0. The van der Waals surface area contributed by atoms with Gasteiger partial charge in [0, 0.05) is 31.5 Å². The van der Waals surface area contributed by atoms with E-state index >= 15 is 0 Å². The van der Waals surface area contributed by atoms with E-state index < -0.39 is 0 Å². The van der Waals surface area contributed by atoms with Gasteiger partial charge in [0.15, 0.2) is 0 Å². The van der Waals surface area contributed by atoms with Gasteiger partial charge < -0.3 is 14.2 Å². The fourth-order valence-corrected chi connectivity index (χ4v) is 2.24. The number of aliphatic hydroxyl groups excluding tert-OH is 1. The van der Waals surface area contributed by atoms with Crippen molar-refractivity contribution in [3.8, 4) is 0 Å². The maximum absolute atomic E-state index is 9.26. The van der Waals surface area contributed by atoms with Crippen molar-refractivity contribution in [2.75, 3.05) is 13.2 Å². The van der Waals surface area contributed by atoms with Gasteiger partial charge in [-0.2, -0.15) is 0 Å². The Labute approximate surface area is 93.5 Å². The molecule has 4 nitrogen and oxygen atoms in total. The molecule has 0 bridgehead atoms. The maximum Gasteiger partial charge on any atom is 0.137 e. The van der Waals surface area contributed by atoms with E-state index in [0.717, 1.165) is 17.8 Å². The van der Waals surface area contributed by atoms with Crippen LogP contribution in [0.2, 0.25) is 0 Å². The molecule has 2 atom stereocenters. The minimum absolute atomic E-state index is 0.0510. The number of aromatic nitrogens is 2. The van der Waals surface area contributed by atoms with Crippen LogP contribution in [0.3, 0.4) is 0 Å². The van der Waals surface area contributed by atoms with E-state index in [1.165, 1.54) is 0 Å². The number of hydrogen-bond donors (Lipinski definition) is 1. The Morgan fingerprint density at radius 3 is 3.25 bits per heavy atom. The molecule has 16 heavy (non-hydrogen) atoms. The van der Waals surface area contributed by atoms with Crippen LogP contribution in [0.1, 0.15) is 18.2 Å². The van der Waals surface area contributed by atoms with Crippen LogP contribution in [-0.4, -0.2) is 27.7 Å². The molecular formula is C12H14N2O2. The molecule has 2 aromatic heterocycles. The van der Waals surface area contributed by atoms with Gasteiger partial charge in [0.2, 0.25) is 0 Å². The summed E-state index contributed by atoms with van der Waals surface area (Å²) in [6.07, 6.45) is 4.81. The van der Waals surface area contributed by atoms with Crippen LogP contribution >= 0.6 is 0 Å². The van der Waals surface area contributed by atoms with Crippen LogP contribution in [0, 0.1) is 5.92 Å². The van der Waals surface area contributed by atoms with E-state index in [-0.39, 0.29) is 18.6 Å². The molecule has 0 spiro atoms. The summed E-state index contributed by atoms with van der Waals surface area (Å²) < 4.78 is 7.61. The predicted octanol–water partition coefficient (Wildman–Crippen LogP) is 1.40. The van der Waals surface area contributed by atoms with Crippen LogP contribution < -0.4 is 0 Å². The minimum Gasteiger partial charge on any atom is -0.396 e. The Morgan fingerprint density at radius 1 is 1.50 bits per heavy atom. The first-order valence-electron chi connectivity index (χ1n) is 5.54. The second-order valence-electron chi connectivity index (χ2n) is 4.15. The second kappa shape index (κ2) is 3.88. The molecular weight excluding hydrogens is 204 g/mol. The van der Waals surface area contributed by atoms with Gasteiger partial charge in [-0.25, -0.2) is 4.98 Å². The molecule has 1 fully saturated rings. The lowest BCUT2D eigenvalue weighted by molar-refractivity contribution is 0.0693. The SMILES string of the molecule is OCC1CCOC1c1cn2ccccc2n1. The van der Waals surface area contributed by atoms with Gasteiger partial charge in [0.25, 0.3) is 0 Å². The van der Waals surface area contributed by atoms with Crippen molar-refractivity contribution in [2.45, 2.75) is 12.5 Å². The van der Waals surface area contributed by atoms with Crippen LogP contribution in [-0.2, 0) is 4.74 Å². The molecule has 3 heterocycles. The summed E-state index contributed by atoms with van der Waals surface area (Å²) in [5, 5.41) is 9.26. The zero-order chi connectivity index (χ0) is 11.0. The summed E-state index contributed by atoms with van der Waals surface area (Å²) in [5.41, 5.74) is 1.84. The van der Waals surface area contributed by atoms with Crippen molar-refractivity contribution in [1.29, 1.82) is 0 Å². The van der Waals surface area contributed by atoms with Crippen molar-refractivity contribution >= 4 is 5.65 Å². The van der Waals surface area contributed by atoms with E-state index in [1.807, 2.05) is 35.0 Å². The number of aliphatic hydroxyl groups is 1. The highest BCUT2D eigenvalue weighted by Crippen LogP contribution is 2.33. The summed E-state index contributed by atoms with van der Waals surface area (Å²) in [5.74, 6) is 0.185. The monoisotopic (exact) mass is 218 g/mol. The van der Waals surface area contributed by atoms with E-state index in [1.54, 1.807) is 0 Å². The predicted molar refractivity (Wildman–Crippen MR) is 59.1 cm³/mol. The average Bonchev–Trinajstić information content (AvgIpc) is 2.94.